The number of nitrogens with zero attached hydrogens (tertiary/aromatic N) is 3. The molecule has 0 radical (unpaired) electrons. The zero-order chi connectivity index (χ0) is 23.9. The second-order valence-electron chi connectivity index (χ2n) is 8.41. The van der Waals surface area contributed by atoms with E-state index in [1.54, 1.807) is 24.3 Å². The minimum Gasteiger partial charge on any atom is -0.454 e. The number of rotatable bonds is 5. The molecule has 2 aromatic carbocycles. The van der Waals surface area contributed by atoms with E-state index in [1.165, 1.54) is 15.6 Å². The number of sulfonamides is 1. The highest BCUT2D eigenvalue weighted by Gasteiger charge is 2.32. The van der Waals surface area contributed by atoms with E-state index < -0.39 is 10.0 Å². The van der Waals surface area contributed by atoms with Crippen LogP contribution in [0.25, 0.3) is 0 Å². The van der Waals surface area contributed by atoms with Gasteiger partial charge in [0.1, 0.15) is 5.01 Å². The molecule has 0 aliphatic carbocycles. The lowest BCUT2D eigenvalue weighted by molar-refractivity contribution is 0.102. The SMILES string of the molecule is Cc1ccc(S(=O)(=O)N2CCC(c3nnc(C(=O)Nc4ccc5c(c4)OCO5)s3)CC2)c(C)c1. The van der Waals surface area contributed by atoms with Crippen molar-refractivity contribution < 1.29 is 22.7 Å². The summed E-state index contributed by atoms with van der Waals surface area (Å²) in [5, 5.41) is 12.1. The Morgan fingerprint density at radius 1 is 1.06 bits per heavy atom. The van der Waals surface area contributed by atoms with Crippen molar-refractivity contribution in [2.24, 2.45) is 0 Å². The first-order valence-corrected chi connectivity index (χ1v) is 13.2. The zero-order valence-corrected chi connectivity index (χ0v) is 20.4. The number of aryl methyl sites for hydroxylation is 2. The summed E-state index contributed by atoms with van der Waals surface area (Å²) in [7, 11) is -3.54. The second kappa shape index (κ2) is 8.97. The van der Waals surface area contributed by atoms with E-state index in [4.69, 9.17) is 9.47 Å². The number of anilines is 1. The van der Waals surface area contributed by atoms with E-state index in [1.807, 2.05) is 26.0 Å². The van der Waals surface area contributed by atoms with Gasteiger partial charge in [-0.3, -0.25) is 4.79 Å². The summed E-state index contributed by atoms with van der Waals surface area (Å²) >= 11 is 1.24. The molecule has 0 saturated carbocycles. The van der Waals surface area contributed by atoms with Crippen molar-refractivity contribution in [3.8, 4) is 11.5 Å². The van der Waals surface area contributed by atoms with E-state index >= 15 is 0 Å². The smallest absolute Gasteiger partial charge is 0.286 e. The van der Waals surface area contributed by atoms with Gasteiger partial charge in [0.05, 0.1) is 4.90 Å². The molecule has 1 aromatic heterocycles. The molecule has 0 bridgehead atoms. The minimum absolute atomic E-state index is 0.0650. The highest BCUT2D eigenvalue weighted by atomic mass is 32.2. The van der Waals surface area contributed by atoms with Crippen LogP contribution in [0.1, 0.15) is 44.7 Å². The Kier molecular flexibility index (Phi) is 6.00. The summed E-state index contributed by atoms with van der Waals surface area (Å²) in [4.78, 5) is 13.0. The first kappa shape index (κ1) is 22.8. The van der Waals surface area contributed by atoms with Gasteiger partial charge in [0.25, 0.3) is 5.91 Å². The number of carbonyl (C=O) groups is 1. The van der Waals surface area contributed by atoms with Gasteiger partial charge in [0.15, 0.2) is 11.5 Å². The fourth-order valence-electron chi connectivity index (χ4n) is 4.22. The predicted molar refractivity (Wildman–Crippen MR) is 127 cm³/mol. The number of hydrogen-bond acceptors (Lipinski definition) is 8. The molecular weight excluding hydrogens is 476 g/mol. The molecule has 3 aromatic rings. The summed E-state index contributed by atoms with van der Waals surface area (Å²) in [5.41, 5.74) is 2.37. The molecular formula is C23H24N4O5S2. The maximum absolute atomic E-state index is 13.1. The van der Waals surface area contributed by atoms with Gasteiger partial charge in [-0.05, 0) is 50.5 Å². The molecule has 0 atom stereocenters. The molecule has 3 heterocycles. The number of ether oxygens (including phenoxy) is 2. The van der Waals surface area contributed by atoms with Crippen LogP contribution in [0, 0.1) is 13.8 Å². The topological polar surface area (TPSA) is 111 Å². The highest BCUT2D eigenvalue weighted by molar-refractivity contribution is 7.89. The number of hydrogen-bond donors (Lipinski definition) is 1. The van der Waals surface area contributed by atoms with Crippen LogP contribution in [-0.2, 0) is 10.0 Å². The molecule has 1 saturated heterocycles. The summed E-state index contributed by atoms with van der Waals surface area (Å²) < 4.78 is 38.4. The average molecular weight is 501 g/mol. The molecule has 1 N–H and O–H groups in total. The fourth-order valence-corrected chi connectivity index (χ4v) is 6.80. The van der Waals surface area contributed by atoms with Crippen molar-refractivity contribution in [2.45, 2.75) is 37.5 Å². The Hall–Kier alpha value is -3.02. The lowest BCUT2D eigenvalue weighted by Crippen LogP contribution is -2.38. The molecule has 1 fully saturated rings. The molecule has 2 aliphatic heterocycles. The minimum atomic E-state index is -3.54. The number of aromatic nitrogens is 2. The standard InChI is InChI=1S/C23H24N4O5S2/c1-14-3-6-20(15(2)11-14)34(29,30)27-9-7-16(8-10-27)22-25-26-23(33-22)21(28)24-17-4-5-18-19(12-17)32-13-31-18/h3-6,11-12,16H,7-10,13H2,1-2H3,(H,24,28). The maximum Gasteiger partial charge on any atom is 0.286 e. The first-order valence-electron chi connectivity index (χ1n) is 10.9. The zero-order valence-electron chi connectivity index (χ0n) is 18.8. The highest BCUT2D eigenvalue weighted by Crippen LogP contribution is 2.35. The van der Waals surface area contributed by atoms with Crippen LogP contribution < -0.4 is 14.8 Å². The molecule has 1 amide bonds. The van der Waals surface area contributed by atoms with Gasteiger partial charge in [-0.15, -0.1) is 10.2 Å². The predicted octanol–water partition coefficient (Wildman–Crippen LogP) is 3.70. The number of nitrogens with one attached hydrogen (secondary N) is 1. The number of piperidine rings is 1. The molecule has 34 heavy (non-hydrogen) atoms. The van der Waals surface area contributed by atoms with Gasteiger partial charge in [0, 0.05) is 30.8 Å². The van der Waals surface area contributed by atoms with Crippen LogP contribution in [0.5, 0.6) is 11.5 Å². The lowest BCUT2D eigenvalue weighted by atomic mass is 9.99. The van der Waals surface area contributed by atoms with Crippen LogP contribution in [0.15, 0.2) is 41.3 Å². The van der Waals surface area contributed by atoms with Crippen LogP contribution >= 0.6 is 11.3 Å². The van der Waals surface area contributed by atoms with Gasteiger partial charge in [-0.25, -0.2) is 8.42 Å². The Balaban J connectivity index is 1.22. The third kappa shape index (κ3) is 4.38. The second-order valence-corrected chi connectivity index (χ2v) is 11.3. The van der Waals surface area contributed by atoms with Crippen molar-refractivity contribution >= 4 is 33.0 Å². The summed E-state index contributed by atoms with van der Waals surface area (Å²) in [6, 6.07) is 10.6. The van der Waals surface area contributed by atoms with Crippen LogP contribution in [0.3, 0.4) is 0 Å². The molecule has 0 spiro atoms. The number of benzene rings is 2. The normalized spacial score (nSPS) is 16.5. The third-order valence-electron chi connectivity index (χ3n) is 6.02. The quantitative estimate of drug-likeness (QED) is 0.569. The van der Waals surface area contributed by atoms with Crippen molar-refractivity contribution in [1.82, 2.24) is 14.5 Å². The van der Waals surface area contributed by atoms with Crippen LogP contribution in [0.4, 0.5) is 5.69 Å². The van der Waals surface area contributed by atoms with Gasteiger partial charge in [-0.1, -0.05) is 29.0 Å². The Morgan fingerprint density at radius 2 is 1.82 bits per heavy atom. The summed E-state index contributed by atoms with van der Waals surface area (Å²) in [6.07, 6.45) is 1.26. The Bertz CT molecular complexity index is 1350. The molecule has 178 valence electrons. The Morgan fingerprint density at radius 3 is 2.59 bits per heavy atom. The van der Waals surface area contributed by atoms with Crippen molar-refractivity contribution in [2.75, 3.05) is 25.2 Å². The maximum atomic E-state index is 13.1. The van der Waals surface area contributed by atoms with Gasteiger partial charge >= 0.3 is 0 Å². The van der Waals surface area contributed by atoms with Crippen LogP contribution in [-0.4, -0.2) is 48.7 Å². The average Bonchev–Trinajstić information content (AvgIpc) is 3.48. The van der Waals surface area contributed by atoms with E-state index in [-0.39, 0.29) is 23.6 Å². The molecule has 2 aliphatic rings. The van der Waals surface area contributed by atoms with Gasteiger partial charge in [0.2, 0.25) is 21.8 Å². The van der Waals surface area contributed by atoms with Gasteiger partial charge in [-0.2, -0.15) is 4.31 Å². The first-order chi connectivity index (χ1) is 16.3. The number of amides is 1. The van der Waals surface area contributed by atoms with Crippen LogP contribution in [0.2, 0.25) is 0 Å². The van der Waals surface area contributed by atoms with E-state index in [0.717, 1.165) is 16.1 Å². The largest absolute Gasteiger partial charge is 0.454 e. The van der Waals surface area contributed by atoms with Crippen molar-refractivity contribution in [3.05, 3.63) is 57.5 Å². The number of carbonyl (C=O) groups excluding carboxylic acids is 1. The van der Waals surface area contributed by atoms with Gasteiger partial charge < -0.3 is 14.8 Å². The molecule has 5 rings (SSSR count). The third-order valence-corrected chi connectivity index (χ3v) is 9.16. The summed E-state index contributed by atoms with van der Waals surface area (Å²) in [5.74, 6) is 0.938. The van der Waals surface area contributed by atoms with Crippen molar-refractivity contribution in [3.63, 3.8) is 0 Å². The van der Waals surface area contributed by atoms with Crippen molar-refractivity contribution in [1.29, 1.82) is 0 Å². The Labute approximate surface area is 201 Å². The lowest BCUT2D eigenvalue weighted by Gasteiger charge is -2.30. The monoisotopic (exact) mass is 500 g/mol. The number of fused-ring (bicyclic) bond motifs is 1. The molecule has 9 nitrogen and oxygen atoms in total. The molecule has 0 unspecified atom stereocenters. The van der Waals surface area contributed by atoms with E-state index in [0.29, 0.717) is 48.0 Å². The molecule has 11 heteroatoms. The van der Waals surface area contributed by atoms with E-state index in [9.17, 15) is 13.2 Å². The van der Waals surface area contributed by atoms with E-state index in [2.05, 4.69) is 15.5 Å². The fraction of sp³-hybridized carbons (Fsp3) is 0.348. The summed E-state index contributed by atoms with van der Waals surface area (Å²) in [6.45, 7) is 4.74.